The fourth-order valence-corrected chi connectivity index (χ4v) is 2.46. The lowest BCUT2D eigenvalue weighted by Gasteiger charge is -2.34. The van der Waals surface area contributed by atoms with Gasteiger partial charge in [-0.3, -0.25) is 0 Å². The summed E-state index contributed by atoms with van der Waals surface area (Å²) in [5, 5.41) is 4.18. The van der Waals surface area contributed by atoms with Gasteiger partial charge in [-0.2, -0.15) is 0 Å². The van der Waals surface area contributed by atoms with E-state index in [1.54, 1.807) is 0 Å². The van der Waals surface area contributed by atoms with Gasteiger partial charge in [-0.15, -0.1) is 0 Å². The van der Waals surface area contributed by atoms with Crippen LogP contribution in [0.1, 0.15) is 30.9 Å². The largest absolute Gasteiger partial charge is 0.369 e. The molecule has 2 nitrogen and oxygen atoms in total. The third kappa shape index (κ3) is 3.44. The molecule has 0 spiro atoms. The quantitative estimate of drug-likeness (QED) is 0.893. The van der Waals surface area contributed by atoms with Gasteiger partial charge in [0.1, 0.15) is 0 Å². The van der Waals surface area contributed by atoms with Crippen molar-refractivity contribution in [1.29, 1.82) is 0 Å². The normalized spacial score (nSPS) is 24.9. The van der Waals surface area contributed by atoms with Gasteiger partial charge in [-0.25, -0.2) is 0 Å². The maximum atomic E-state index is 6.20. The van der Waals surface area contributed by atoms with E-state index in [1.807, 2.05) is 13.0 Å². The van der Waals surface area contributed by atoms with Crippen molar-refractivity contribution in [3.05, 3.63) is 34.3 Å². The van der Waals surface area contributed by atoms with Crippen molar-refractivity contribution in [2.24, 2.45) is 0 Å². The molecule has 1 aliphatic rings. The lowest BCUT2D eigenvalue weighted by Crippen LogP contribution is -2.45. The average Bonchev–Trinajstić information content (AvgIpc) is 2.29. The van der Waals surface area contributed by atoms with Crippen LogP contribution in [0, 0.1) is 6.92 Å². The van der Waals surface area contributed by atoms with Gasteiger partial charge in [-0.05, 0) is 50.4 Å². The molecule has 0 aliphatic carbocycles. The number of ether oxygens (including phenoxy) is 1. The van der Waals surface area contributed by atoms with E-state index in [0.29, 0.717) is 6.61 Å². The van der Waals surface area contributed by atoms with Gasteiger partial charge in [-0.1, -0.05) is 23.7 Å². The first kappa shape index (κ1) is 12.9. The van der Waals surface area contributed by atoms with E-state index in [9.17, 15) is 0 Å². The standard InChI is InChI=1S/C14H20ClNO/c1-11-4-5-12(13(15)8-11)9-17-14(2)6-3-7-16-10-14/h4-5,8,16H,3,6-7,9-10H2,1-2H3. The molecule has 0 aromatic heterocycles. The van der Waals surface area contributed by atoms with Crippen molar-refractivity contribution in [3.63, 3.8) is 0 Å². The summed E-state index contributed by atoms with van der Waals surface area (Å²) in [6.07, 6.45) is 2.29. The molecule has 1 N–H and O–H groups in total. The first-order valence-electron chi connectivity index (χ1n) is 6.19. The van der Waals surface area contributed by atoms with Gasteiger partial charge < -0.3 is 10.1 Å². The van der Waals surface area contributed by atoms with Crippen LogP contribution in [-0.4, -0.2) is 18.7 Å². The number of hydrogen-bond donors (Lipinski definition) is 1. The second-order valence-electron chi connectivity index (χ2n) is 5.11. The van der Waals surface area contributed by atoms with Crippen LogP contribution in [0.2, 0.25) is 5.02 Å². The van der Waals surface area contributed by atoms with E-state index >= 15 is 0 Å². The second-order valence-corrected chi connectivity index (χ2v) is 5.52. The molecule has 2 rings (SSSR count). The summed E-state index contributed by atoms with van der Waals surface area (Å²) in [5.74, 6) is 0. The fraction of sp³-hybridized carbons (Fsp3) is 0.571. The Morgan fingerprint density at radius 2 is 2.29 bits per heavy atom. The van der Waals surface area contributed by atoms with Crippen LogP contribution >= 0.6 is 11.6 Å². The lowest BCUT2D eigenvalue weighted by molar-refractivity contribution is -0.0571. The third-order valence-corrected chi connectivity index (χ3v) is 3.69. The number of hydrogen-bond acceptors (Lipinski definition) is 2. The SMILES string of the molecule is Cc1ccc(COC2(C)CCCNC2)c(Cl)c1. The minimum Gasteiger partial charge on any atom is -0.369 e. The molecular weight excluding hydrogens is 234 g/mol. The van der Waals surface area contributed by atoms with E-state index in [4.69, 9.17) is 16.3 Å². The third-order valence-electron chi connectivity index (χ3n) is 3.34. The summed E-state index contributed by atoms with van der Waals surface area (Å²) in [7, 11) is 0. The predicted molar refractivity (Wildman–Crippen MR) is 71.5 cm³/mol. The van der Waals surface area contributed by atoms with Crippen LogP contribution in [0.25, 0.3) is 0 Å². The molecule has 1 atom stereocenters. The first-order chi connectivity index (χ1) is 8.09. The molecule has 1 aliphatic heterocycles. The molecule has 1 fully saturated rings. The maximum Gasteiger partial charge on any atom is 0.0783 e. The minimum atomic E-state index is -0.0491. The number of nitrogens with one attached hydrogen (secondary N) is 1. The van der Waals surface area contributed by atoms with Crippen molar-refractivity contribution >= 4 is 11.6 Å². The number of piperidine rings is 1. The molecule has 1 unspecified atom stereocenters. The maximum absolute atomic E-state index is 6.20. The Hall–Kier alpha value is -0.570. The van der Waals surface area contributed by atoms with Crippen LogP contribution in [0.4, 0.5) is 0 Å². The molecule has 0 saturated carbocycles. The molecule has 1 aromatic rings. The van der Waals surface area contributed by atoms with Crippen LogP contribution in [-0.2, 0) is 11.3 Å². The highest BCUT2D eigenvalue weighted by Gasteiger charge is 2.27. The molecule has 3 heteroatoms. The monoisotopic (exact) mass is 253 g/mol. The summed E-state index contributed by atoms with van der Waals surface area (Å²) < 4.78 is 6.03. The van der Waals surface area contributed by atoms with Crippen LogP contribution in [0.5, 0.6) is 0 Å². The van der Waals surface area contributed by atoms with Gasteiger partial charge >= 0.3 is 0 Å². The highest BCUT2D eigenvalue weighted by molar-refractivity contribution is 6.31. The average molecular weight is 254 g/mol. The number of rotatable bonds is 3. The highest BCUT2D eigenvalue weighted by Crippen LogP contribution is 2.24. The smallest absolute Gasteiger partial charge is 0.0783 e. The van der Waals surface area contributed by atoms with Gasteiger partial charge in [0.05, 0.1) is 12.2 Å². The van der Waals surface area contributed by atoms with Crippen molar-refractivity contribution in [3.8, 4) is 0 Å². The first-order valence-corrected chi connectivity index (χ1v) is 6.57. The van der Waals surface area contributed by atoms with Crippen molar-refractivity contribution in [2.45, 2.75) is 38.9 Å². The Kier molecular flexibility index (Phi) is 4.08. The number of benzene rings is 1. The zero-order chi connectivity index (χ0) is 12.3. The van der Waals surface area contributed by atoms with Crippen LogP contribution in [0.3, 0.4) is 0 Å². The van der Waals surface area contributed by atoms with Crippen molar-refractivity contribution in [1.82, 2.24) is 5.32 Å². The van der Waals surface area contributed by atoms with Crippen molar-refractivity contribution < 1.29 is 4.74 Å². The Labute approximate surface area is 108 Å². The van der Waals surface area contributed by atoms with Gasteiger partial charge in [0, 0.05) is 11.6 Å². The summed E-state index contributed by atoms with van der Waals surface area (Å²) in [6, 6.07) is 6.12. The summed E-state index contributed by atoms with van der Waals surface area (Å²) in [6.45, 7) is 6.84. The molecule has 0 radical (unpaired) electrons. The van der Waals surface area contributed by atoms with E-state index in [-0.39, 0.29) is 5.60 Å². The van der Waals surface area contributed by atoms with E-state index in [0.717, 1.165) is 30.1 Å². The second kappa shape index (κ2) is 5.38. The molecule has 1 saturated heterocycles. The van der Waals surface area contributed by atoms with Gasteiger partial charge in [0.2, 0.25) is 0 Å². The van der Waals surface area contributed by atoms with E-state index in [1.165, 1.54) is 12.0 Å². The Morgan fingerprint density at radius 3 is 2.94 bits per heavy atom. The zero-order valence-electron chi connectivity index (χ0n) is 10.6. The Bertz CT molecular complexity index is 386. The van der Waals surface area contributed by atoms with E-state index in [2.05, 4.69) is 24.4 Å². The Morgan fingerprint density at radius 1 is 1.47 bits per heavy atom. The lowest BCUT2D eigenvalue weighted by atomic mass is 9.96. The van der Waals surface area contributed by atoms with Gasteiger partial charge in [0.15, 0.2) is 0 Å². The zero-order valence-corrected chi connectivity index (χ0v) is 11.3. The fourth-order valence-electron chi connectivity index (χ4n) is 2.17. The van der Waals surface area contributed by atoms with Crippen molar-refractivity contribution in [2.75, 3.05) is 13.1 Å². The van der Waals surface area contributed by atoms with E-state index < -0.39 is 0 Å². The highest BCUT2D eigenvalue weighted by atomic mass is 35.5. The molecule has 17 heavy (non-hydrogen) atoms. The predicted octanol–water partition coefficient (Wildman–Crippen LogP) is 3.31. The summed E-state index contributed by atoms with van der Waals surface area (Å²) in [5.41, 5.74) is 2.21. The summed E-state index contributed by atoms with van der Waals surface area (Å²) >= 11 is 6.20. The van der Waals surface area contributed by atoms with Crippen LogP contribution < -0.4 is 5.32 Å². The molecule has 0 amide bonds. The molecule has 94 valence electrons. The topological polar surface area (TPSA) is 21.3 Å². The van der Waals surface area contributed by atoms with Crippen LogP contribution in [0.15, 0.2) is 18.2 Å². The summed E-state index contributed by atoms with van der Waals surface area (Å²) in [4.78, 5) is 0. The number of halogens is 1. The minimum absolute atomic E-state index is 0.0491. The van der Waals surface area contributed by atoms with Gasteiger partial charge in [0.25, 0.3) is 0 Å². The molecular formula is C14H20ClNO. The molecule has 1 heterocycles. The molecule has 0 bridgehead atoms. The molecule has 1 aromatic carbocycles. The Balaban J connectivity index is 1.97. The number of aryl methyl sites for hydroxylation is 1.